The van der Waals surface area contributed by atoms with E-state index in [1.54, 1.807) is 13.2 Å². The van der Waals surface area contributed by atoms with Crippen molar-refractivity contribution in [3.05, 3.63) is 59.2 Å². The van der Waals surface area contributed by atoms with Gasteiger partial charge in [0.2, 0.25) is 5.91 Å². The van der Waals surface area contributed by atoms with Crippen LogP contribution in [-0.2, 0) is 11.2 Å². The van der Waals surface area contributed by atoms with Crippen LogP contribution in [-0.4, -0.2) is 49.6 Å². The first-order valence-electron chi connectivity index (χ1n) is 10.5. The Kier molecular flexibility index (Phi) is 7.33. The summed E-state index contributed by atoms with van der Waals surface area (Å²) in [6, 6.07) is 13.1. The minimum atomic E-state index is -0.0834. The number of nitrogens with one attached hydrogen (secondary N) is 1. The number of carbonyl (C=O) groups excluding carboxylic acids is 2. The fourth-order valence-corrected chi connectivity index (χ4v) is 3.77. The summed E-state index contributed by atoms with van der Waals surface area (Å²) in [5.74, 6) is 1.54. The Morgan fingerprint density at radius 2 is 1.83 bits per heavy atom. The molecule has 1 saturated heterocycles. The molecule has 0 aliphatic carbocycles. The van der Waals surface area contributed by atoms with Gasteiger partial charge in [-0.1, -0.05) is 18.2 Å². The number of amides is 2. The van der Waals surface area contributed by atoms with E-state index >= 15 is 0 Å². The van der Waals surface area contributed by atoms with Crippen molar-refractivity contribution in [2.24, 2.45) is 0 Å². The van der Waals surface area contributed by atoms with E-state index in [-0.39, 0.29) is 17.9 Å². The lowest BCUT2D eigenvalue weighted by atomic mass is 10.0. The first-order valence-corrected chi connectivity index (χ1v) is 10.5. The molecule has 30 heavy (non-hydrogen) atoms. The Labute approximate surface area is 178 Å². The number of piperidine rings is 1. The highest BCUT2D eigenvalue weighted by Crippen LogP contribution is 2.21. The molecule has 1 N–H and O–H groups in total. The molecule has 0 saturated carbocycles. The molecule has 160 valence electrons. The second-order valence-corrected chi connectivity index (χ2v) is 7.53. The molecule has 0 aromatic heterocycles. The summed E-state index contributed by atoms with van der Waals surface area (Å²) in [6.45, 7) is 5.75. The van der Waals surface area contributed by atoms with Crippen LogP contribution >= 0.6 is 0 Å². The van der Waals surface area contributed by atoms with Crippen molar-refractivity contribution in [2.75, 3.05) is 26.8 Å². The number of carbonyl (C=O) groups is 2. The van der Waals surface area contributed by atoms with Crippen molar-refractivity contribution in [3.63, 3.8) is 0 Å². The highest BCUT2D eigenvalue weighted by atomic mass is 16.5. The molecule has 1 heterocycles. The number of rotatable bonds is 7. The number of para-hydroxylation sites is 1. The van der Waals surface area contributed by atoms with Crippen LogP contribution in [0.3, 0.4) is 0 Å². The highest BCUT2D eigenvalue weighted by molar-refractivity contribution is 5.94. The standard InChI is InChI=1S/C24H30N2O4/c1-4-30-21-10-9-19(15-17(21)2)24(28)25-20-11-13-26(14-12-20)23(27)16-18-7-5-6-8-22(18)29-3/h5-10,15,20H,4,11-14,16H2,1-3H3,(H,25,28). The van der Waals surface area contributed by atoms with Gasteiger partial charge >= 0.3 is 0 Å². The maximum absolute atomic E-state index is 12.7. The third-order valence-corrected chi connectivity index (χ3v) is 5.45. The number of nitrogens with zero attached hydrogens (tertiary/aromatic N) is 1. The number of benzene rings is 2. The average Bonchev–Trinajstić information content (AvgIpc) is 2.76. The molecule has 0 spiro atoms. The average molecular weight is 411 g/mol. The van der Waals surface area contributed by atoms with Crippen LogP contribution in [0.25, 0.3) is 0 Å². The maximum atomic E-state index is 12.7. The lowest BCUT2D eigenvalue weighted by molar-refractivity contribution is -0.131. The predicted molar refractivity (Wildman–Crippen MR) is 116 cm³/mol. The van der Waals surface area contributed by atoms with Gasteiger partial charge in [0, 0.05) is 30.3 Å². The van der Waals surface area contributed by atoms with Crippen LogP contribution in [0.1, 0.15) is 41.3 Å². The third-order valence-electron chi connectivity index (χ3n) is 5.45. The highest BCUT2D eigenvalue weighted by Gasteiger charge is 2.25. The van der Waals surface area contributed by atoms with E-state index in [9.17, 15) is 9.59 Å². The summed E-state index contributed by atoms with van der Waals surface area (Å²) in [7, 11) is 1.61. The Morgan fingerprint density at radius 3 is 2.50 bits per heavy atom. The van der Waals surface area contributed by atoms with Crippen LogP contribution in [0.2, 0.25) is 0 Å². The molecule has 0 atom stereocenters. The van der Waals surface area contributed by atoms with Crippen molar-refractivity contribution >= 4 is 11.8 Å². The second-order valence-electron chi connectivity index (χ2n) is 7.53. The van der Waals surface area contributed by atoms with Crippen LogP contribution in [0.4, 0.5) is 0 Å². The Morgan fingerprint density at radius 1 is 1.10 bits per heavy atom. The van der Waals surface area contributed by atoms with E-state index in [2.05, 4.69) is 5.32 Å². The molecule has 2 amide bonds. The zero-order valence-electron chi connectivity index (χ0n) is 17.9. The van der Waals surface area contributed by atoms with Crippen LogP contribution in [0.5, 0.6) is 11.5 Å². The fourth-order valence-electron chi connectivity index (χ4n) is 3.77. The molecule has 0 unspecified atom stereocenters. The lowest BCUT2D eigenvalue weighted by Gasteiger charge is -2.32. The van der Waals surface area contributed by atoms with E-state index in [1.165, 1.54) is 0 Å². The van der Waals surface area contributed by atoms with E-state index < -0.39 is 0 Å². The zero-order valence-corrected chi connectivity index (χ0v) is 17.9. The molecular formula is C24H30N2O4. The minimum Gasteiger partial charge on any atom is -0.496 e. The summed E-state index contributed by atoms with van der Waals surface area (Å²) in [4.78, 5) is 27.2. The van der Waals surface area contributed by atoms with Crippen molar-refractivity contribution < 1.29 is 19.1 Å². The number of hydrogen-bond donors (Lipinski definition) is 1. The number of hydrogen-bond acceptors (Lipinski definition) is 4. The molecule has 1 aliphatic rings. The topological polar surface area (TPSA) is 67.9 Å². The molecule has 6 nitrogen and oxygen atoms in total. The van der Waals surface area contributed by atoms with Gasteiger partial charge in [-0.25, -0.2) is 0 Å². The fraction of sp³-hybridized carbons (Fsp3) is 0.417. The molecule has 0 radical (unpaired) electrons. The molecule has 2 aromatic rings. The summed E-state index contributed by atoms with van der Waals surface area (Å²) >= 11 is 0. The number of methoxy groups -OCH3 is 1. The van der Waals surface area contributed by atoms with Gasteiger partial charge in [0.05, 0.1) is 20.1 Å². The van der Waals surface area contributed by atoms with Gasteiger partial charge < -0.3 is 19.7 Å². The van der Waals surface area contributed by atoms with E-state index in [1.807, 2.05) is 55.1 Å². The Hall–Kier alpha value is -3.02. The summed E-state index contributed by atoms with van der Waals surface area (Å²) in [5.41, 5.74) is 2.47. The molecule has 3 rings (SSSR count). The number of aryl methyl sites for hydroxylation is 1. The first kappa shape index (κ1) is 21.7. The van der Waals surface area contributed by atoms with Gasteiger partial charge in [0.25, 0.3) is 5.91 Å². The molecular weight excluding hydrogens is 380 g/mol. The van der Waals surface area contributed by atoms with Crippen LogP contribution in [0.15, 0.2) is 42.5 Å². The quantitative estimate of drug-likeness (QED) is 0.760. The first-order chi connectivity index (χ1) is 14.5. The zero-order chi connectivity index (χ0) is 21.5. The normalized spacial score (nSPS) is 14.3. The van der Waals surface area contributed by atoms with Crippen molar-refractivity contribution in [1.29, 1.82) is 0 Å². The summed E-state index contributed by atoms with van der Waals surface area (Å²) in [6.07, 6.45) is 1.82. The maximum Gasteiger partial charge on any atom is 0.251 e. The smallest absolute Gasteiger partial charge is 0.251 e. The monoisotopic (exact) mass is 410 g/mol. The third kappa shape index (κ3) is 5.32. The molecule has 1 aliphatic heterocycles. The van der Waals surface area contributed by atoms with Gasteiger partial charge in [0.15, 0.2) is 0 Å². The lowest BCUT2D eigenvalue weighted by Crippen LogP contribution is -2.47. The van der Waals surface area contributed by atoms with E-state index in [0.717, 1.165) is 35.5 Å². The summed E-state index contributed by atoms with van der Waals surface area (Å²) < 4.78 is 10.9. The van der Waals surface area contributed by atoms with Gasteiger partial charge in [-0.15, -0.1) is 0 Å². The van der Waals surface area contributed by atoms with Crippen LogP contribution in [0, 0.1) is 6.92 Å². The SMILES string of the molecule is CCOc1ccc(C(=O)NC2CCN(C(=O)Cc3ccccc3OC)CC2)cc1C. The molecule has 2 aromatic carbocycles. The number of likely N-dealkylation sites (tertiary alicyclic amines) is 1. The Balaban J connectivity index is 1.51. The molecule has 6 heteroatoms. The van der Waals surface area contributed by atoms with Gasteiger partial charge in [-0.05, 0) is 56.5 Å². The summed E-state index contributed by atoms with van der Waals surface area (Å²) in [5, 5.41) is 3.10. The van der Waals surface area contributed by atoms with Crippen molar-refractivity contribution in [2.45, 2.75) is 39.2 Å². The predicted octanol–water partition coefficient (Wildman–Crippen LogP) is 3.37. The second kappa shape index (κ2) is 10.1. The van der Waals surface area contributed by atoms with E-state index in [4.69, 9.17) is 9.47 Å². The van der Waals surface area contributed by atoms with Gasteiger partial charge in [0.1, 0.15) is 11.5 Å². The van der Waals surface area contributed by atoms with Crippen molar-refractivity contribution in [3.8, 4) is 11.5 Å². The molecule has 1 fully saturated rings. The van der Waals surface area contributed by atoms with E-state index in [0.29, 0.717) is 31.7 Å². The van der Waals surface area contributed by atoms with Gasteiger partial charge in [-0.3, -0.25) is 9.59 Å². The van der Waals surface area contributed by atoms with Crippen LogP contribution < -0.4 is 14.8 Å². The van der Waals surface area contributed by atoms with Crippen molar-refractivity contribution in [1.82, 2.24) is 10.2 Å². The Bertz CT molecular complexity index is 889. The van der Waals surface area contributed by atoms with Gasteiger partial charge in [-0.2, -0.15) is 0 Å². The molecule has 0 bridgehead atoms. The minimum absolute atomic E-state index is 0.0692. The number of ether oxygens (including phenoxy) is 2. The largest absolute Gasteiger partial charge is 0.496 e.